The lowest BCUT2D eigenvalue weighted by molar-refractivity contribution is -0.143. The maximum absolute atomic E-state index is 11.6. The Bertz CT molecular complexity index is 518. The van der Waals surface area contributed by atoms with Crippen LogP contribution in [-0.4, -0.2) is 42.6 Å². The van der Waals surface area contributed by atoms with Crippen LogP contribution in [0, 0.1) is 0 Å². The summed E-state index contributed by atoms with van der Waals surface area (Å²) in [6.45, 7) is 1.96. The summed E-state index contributed by atoms with van der Waals surface area (Å²) in [5, 5.41) is 2.80. The second-order valence-electron chi connectivity index (χ2n) is 4.20. The summed E-state index contributed by atoms with van der Waals surface area (Å²) in [5.74, 6) is -1.41. The zero-order valence-electron chi connectivity index (χ0n) is 12.1. The monoisotopic (exact) mass is 328 g/mol. The summed E-state index contributed by atoms with van der Waals surface area (Å²) < 4.78 is 9.57. The molecule has 0 fully saturated rings. The van der Waals surface area contributed by atoms with Gasteiger partial charge in [0.2, 0.25) is 0 Å². The van der Waals surface area contributed by atoms with E-state index in [4.69, 9.17) is 21.1 Å². The number of rotatable bonds is 8. The minimum Gasteiger partial charge on any atom is -0.466 e. The number of halogens is 1. The molecule has 1 rings (SSSR count). The molecule has 0 aliphatic heterocycles. The van der Waals surface area contributed by atoms with Crippen molar-refractivity contribution in [3.05, 3.63) is 29.0 Å². The summed E-state index contributed by atoms with van der Waals surface area (Å²) in [5.41, 5.74) is 0.208. The van der Waals surface area contributed by atoms with Crippen LogP contribution in [0.15, 0.2) is 18.3 Å². The molecule has 0 saturated carbocycles. The van der Waals surface area contributed by atoms with Gasteiger partial charge in [-0.25, -0.2) is 9.78 Å². The number of amides is 1. The summed E-state index contributed by atoms with van der Waals surface area (Å²) in [7, 11) is 0. The summed E-state index contributed by atoms with van der Waals surface area (Å²) in [6.07, 6.45) is 1.95. The van der Waals surface area contributed by atoms with Gasteiger partial charge < -0.3 is 14.8 Å². The van der Waals surface area contributed by atoms with Crippen molar-refractivity contribution in [3.63, 3.8) is 0 Å². The van der Waals surface area contributed by atoms with Crippen LogP contribution in [0.4, 0.5) is 0 Å². The average molecular weight is 329 g/mol. The number of nitrogens with one attached hydrogen (secondary N) is 1. The number of pyridine rings is 1. The van der Waals surface area contributed by atoms with E-state index in [2.05, 4.69) is 10.3 Å². The molecule has 1 amide bonds. The van der Waals surface area contributed by atoms with Crippen LogP contribution >= 0.6 is 11.6 Å². The van der Waals surface area contributed by atoms with Crippen molar-refractivity contribution in [3.8, 4) is 0 Å². The molecule has 0 saturated heterocycles. The zero-order chi connectivity index (χ0) is 16.4. The van der Waals surface area contributed by atoms with Gasteiger partial charge in [0, 0.05) is 19.2 Å². The molecule has 1 aromatic heterocycles. The fraction of sp³-hybridized carbons (Fsp3) is 0.429. The molecule has 0 aliphatic carbocycles. The summed E-state index contributed by atoms with van der Waals surface area (Å²) in [4.78, 5) is 37.9. The standard InChI is InChI=1S/C14H17ClN2O5/c1-2-21-13(19)4-3-7-16-12(18)9-22-14(20)10-5-6-11(15)17-8-10/h5-6,8H,2-4,7,9H2,1H3,(H,16,18). The van der Waals surface area contributed by atoms with E-state index in [0.29, 0.717) is 19.6 Å². The van der Waals surface area contributed by atoms with Crippen LogP contribution < -0.4 is 5.32 Å². The molecule has 0 unspecified atom stereocenters. The quantitative estimate of drug-likeness (QED) is 0.440. The van der Waals surface area contributed by atoms with Gasteiger partial charge in [-0.1, -0.05) is 11.6 Å². The first-order valence-corrected chi connectivity index (χ1v) is 7.11. The normalized spacial score (nSPS) is 9.91. The molecule has 0 bridgehead atoms. The van der Waals surface area contributed by atoms with E-state index in [1.54, 1.807) is 6.92 Å². The maximum atomic E-state index is 11.6. The lowest BCUT2D eigenvalue weighted by Gasteiger charge is -2.06. The minimum absolute atomic E-state index is 0.208. The molecule has 0 radical (unpaired) electrons. The van der Waals surface area contributed by atoms with Crippen LogP contribution in [0.25, 0.3) is 0 Å². The Morgan fingerprint density at radius 2 is 2.05 bits per heavy atom. The number of carbonyl (C=O) groups is 3. The maximum Gasteiger partial charge on any atom is 0.340 e. The van der Waals surface area contributed by atoms with E-state index < -0.39 is 18.5 Å². The minimum atomic E-state index is -0.661. The van der Waals surface area contributed by atoms with Crippen LogP contribution in [0.3, 0.4) is 0 Å². The lowest BCUT2D eigenvalue weighted by Crippen LogP contribution is -2.30. The van der Waals surface area contributed by atoms with Gasteiger partial charge in [0.15, 0.2) is 6.61 Å². The molecule has 1 N–H and O–H groups in total. The van der Waals surface area contributed by atoms with Crippen molar-refractivity contribution in [1.82, 2.24) is 10.3 Å². The Morgan fingerprint density at radius 1 is 1.27 bits per heavy atom. The van der Waals surface area contributed by atoms with Crippen molar-refractivity contribution in [2.75, 3.05) is 19.8 Å². The van der Waals surface area contributed by atoms with Crippen molar-refractivity contribution in [2.24, 2.45) is 0 Å². The van der Waals surface area contributed by atoms with E-state index in [0.717, 1.165) is 0 Å². The fourth-order valence-electron chi connectivity index (χ4n) is 1.46. The highest BCUT2D eigenvalue weighted by molar-refractivity contribution is 6.29. The van der Waals surface area contributed by atoms with Gasteiger partial charge >= 0.3 is 11.9 Å². The van der Waals surface area contributed by atoms with Gasteiger partial charge in [-0.05, 0) is 25.5 Å². The average Bonchev–Trinajstić information content (AvgIpc) is 2.50. The third kappa shape index (κ3) is 7.03. The van der Waals surface area contributed by atoms with Crippen LogP contribution in [0.2, 0.25) is 5.15 Å². The zero-order valence-corrected chi connectivity index (χ0v) is 12.9. The number of ether oxygens (including phenoxy) is 2. The number of hydrogen-bond acceptors (Lipinski definition) is 6. The molecule has 1 heterocycles. The molecule has 0 aromatic carbocycles. The highest BCUT2D eigenvalue weighted by Crippen LogP contribution is 2.06. The molecule has 0 spiro atoms. The van der Waals surface area contributed by atoms with Crippen molar-refractivity contribution in [2.45, 2.75) is 19.8 Å². The third-order valence-electron chi connectivity index (χ3n) is 2.48. The first-order chi connectivity index (χ1) is 10.5. The van der Waals surface area contributed by atoms with E-state index in [9.17, 15) is 14.4 Å². The highest BCUT2D eigenvalue weighted by Gasteiger charge is 2.10. The van der Waals surface area contributed by atoms with Crippen LogP contribution in [0.1, 0.15) is 30.1 Å². The Hall–Kier alpha value is -2.15. The first kappa shape index (κ1) is 17.9. The first-order valence-electron chi connectivity index (χ1n) is 6.74. The molecule has 7 nitrogen and oxygen atoms in total. The van der Waals surface area contributed by atoms with Crippen molar-refractivity contribution < 1.29 is 23.9 Å². The van der Waals surface area contributed by atoms with Gasteiger partial charge in [-0.3, -0.25) is 9.59 Å². The van der Waals surface area contributed by atoms with Gasteiger partial charge in [0.25, 0.3) is 5.91 Å². The van der Waals surface area contributed by atoms with E-state index in [-0.39, 0.29) is 23.1 Å². The molecule has 120 valence electrons. The number of nitrogens with zero attached hydrogens (tertiary/aromatic N) is 1. The molecule has 1 aromatic rings. The molecular weight excluding hydrogens is 312 g/mol. The molecule has 8 heteroatoms. The van der Waals surface area contributed by atoms with Gasteiger partial charge in [-0.15, -0.1) is 0 Å². The third-order valence-corrected chi connectivity index (χ3v) is 2.71. The molecule has 0 atom stereocenters. The van der Waals surface area contributed by atoms with E-state index in [1.807, 2.05) is 0 Å². The lowest BCUT2D eigenvalue weighted by atomic mass is 10.3. The topological polar surface area (TPSA) is 94.6 Å². The van der Waals surface area contributed by atoms with Crippen molar-refractivity contribution in [1.29, 1.82) is 0 Å². The number of esters is 2. The smallest absolute Gasteiger partial charge is 0.340 e. The highest BCUT2D eigenvalue weighted by atomic mass is 35.5. The SMILES string of the molecule is CCOC(=O)CCCNC(=O)COC(=O)c1ccc(Cl)nc1. The van der Waals surface area contributed by atoms with Gasteiger partial charge in [0.05, 0.1) is 12.2 Å². The second kappa shape index (κ2) is 9.73. The molecule has 0 aliphatic rings. The largest absolute Gasteiger partial charge is 0.466 e. The van der Waals surface area contributed by atoms with Gasteiger partial charge in [0.1, 0.15) is 5.15 Å². The van der Waals surface area contributed by atoms with E-state index in [1.165, 1.54) is 18.3 Å². The Balaban J connectivity index is 2.19. The Morgan fingerprint density at radius 3 is 2.68 bits per heavy atom. The summed E-state index contributed by atoms with van der Waals surface area (Å²) in [6, 6.07) is 2.91. The van der Waals surface area contributed by atoms with Crippen molar-refractivity contribution >= 4 is 29.4 Å². The predicted molar refractivity (Wildman–Crippen MR) is 78.4 cm³/mol. The summed E-state index contributed by atoms with van der Waals surface area (Å²) >= 11 is 5.60. The Kier molecular flexibility index (Phi) is 7.91. The fourth-order valence-corrected chi connectivity index (χ4v) is 1.57. The van der Waals surface area contributed by atoms with Crippen LogP contribution in [0.5, 0.6) is 0 Å². The molecule has 22 heavy (non-hydrogen) atoms. The van der Waals surface area contributed by atoms with Crippen LogP contribution in [-0.2, 0) is 19.1 Å². The van der Waals surface area contributed by atoms with Gasteiger partial charge in [-0.2, -0.15) is 0 Å². The number of hydrogen-bond donors (Lipinski definition) is 1. The molecular formula is C14H17ClN2O5. The number of aromatic nitrogens is 1. The second-order valence-corrected chi connectivity index (χ2v) is 4.59. The Labute approximate surface area is 133 Å². The number of carbonyl (C=O) groups excluding carboxylic acids is 3. The van der Waals surface area contributed by atoms with E-state index >= 15 is 0 Å². The predicted octanol–water partition coefficient (Wildman–Crippen LogP) is 1.35.